The highest BCUT2D eigenvalue weighted by Crippen LogP contribution is 2.25. The van der Waals surface area contributed by atoms with Crippen molar-refractivity contribution in [2.75, 3.05) is 0 Å². The second kappa shape index (κ2) is 4.99. The van der Waals surface area contributed by atoms with Gasteiger partial charge >= 0.3 is 0 Å². The topological polar surface area (TPSA) is 54.7 Å². The fourth-order valence-corrected chi connectivity index (χ4v) is 2.16. The van der Waals surface area contributed by atoms with Gasteiger partial charge in [-0.05, 0) is 39.3 Å². The van der Waals surface area contributed by atoms with Crippen molar-refractivity contribution in [1.82, 2.24) is 9.97 Å². The fraction of sp³-hybridized carbons (Fsp3) is 0.400. The Labute approximate surface area is 119 Å². The number of halogens is 1. The summed E-state index contributed by atoms with van der Waals surface area (Å²) in [5.41, 5.74) is 9.93. The van der Waals surface area contributed by atoms with Crippen LogP contribution in [0, 0.1) is 13.8 Å². The van der Waals surface area contributed by atoms with Gasteiger partial charge in [0.15, 0.2) is 0 Å². The van der Waals surface area contributed by atoms with Crippen LogP contribution in [0.3, 0.4) is 0 Å². The zero-order valence-corrected chi connectivity index (χ0v) is 12.6. The van der Waals surface area contributed by atoms with E-state index < -0.39 is 0 Å². The van der Waals surface area contributed by atoms with Crippen LogP contribution in [0.4, 0.5) is 0 Å². The number of aromatic nitrogens is 2. The summed E-state index contributed by atoms with van der Waals surface area (Å²) >= 11 is 6.16. The summed E-state index contributed by atoms with van der Waals surface area (Å²) in [7, 11) is 0. The number of H-pyrrole nitrogens is 1. The third-order valence-corrected chi connectivity index (χ3v) is 3.46. The van der Waals surface area contributed by atoms with Gasteiger partial charge in [-0.2, -0.15) is 0 Å². The van der Waals surface area contributed by atoms with Crippen LogP contribution < -0.4 is 5.73 Å². The van der Waals surface area contributed by atoms with Crippen molar-refractivity contribution in [2.24, 2.45) is 5.73 Å². The number of aromatic amines is 1. The van der Waals surface area contributed by atoms with E-state index >= 15 is 0 Å². The molecule has 2 aromatic rings. The van der Waals surface area contributed by atoms with Gasteiger partial charge in [0.05, 0.1) is 5.69 Å². The van der Waals surface area contributed by atoms with Crippen LogP contribution in [0.1, 0.15) is 30.8 Å². The molecular weight excluding hydrogens is 258 g/mol. The molecule has 0 radical (unpaired) electrons. The third-order valence-electron chi connectivity index (χ3n) is 3.05. The molecule has 1 heterocycles. The van der Waals surface area contributed by atoms with E-state index in [-0.39, 0.29) is 5.54 Å². The largest absolute Gasteiger partial charge is 0.342 e. The van der Waals surface area contributed by atoms with Crippen molar-refractivity contribution in [3.05, 3.63) is 40.2 Å². The molecule has 2 rings (SSSR count). The number of hydrogen-bond donors (Lipinski definition) is 2. The number of nitrogens with two attached hydrogens (primary N) is 1. The minimum atomic E-state index is -0.262. The van der Waals surface area contributed by atoms with Gasteiger partial charge in [0.2, 0.25) is 0 Å². The molecule has 0 saturated heterocycles. The first kappa shape index (κ1) is 14.1. The Morgan fingerprint density at radius 1 is 1.32 bits per heavy atom. The predicted molar refractivity (Wildman–Crippen MR) is 80.5 cm³/mol. The molecule has 0 unspecified atom stereocenters. The summed E-state index contributed by atoms with van der Waals surface area (Å²) < 4.78 is 0. The molecule has 1 aromatic carbocycles. The number of hydrogen-bond acceptors (Lipinski definition) is 2. The molecule has 3 nitrogen and oxygen atoms in total. The first-order valence-corrected chi connectivity index (χ1v) is 6.75. The number of nitrogens with zero attached hydrogens (tertiary/aromatic N) is 1. The number of nitrogens with one attached hydrogen (secondary N) is 1. The fourth-order valence-electron chi connectivity index (χ4n) is 1.98. The lowest BCUT2D eigenvalue weighted by molar-refractivity contribution is 0.510. The van der Waals surface area contributed by atoms with Crippen molar-refractivity contribution in [1.29, 1.82) is 0 Å². The predicted octanol–water partition coefficient (Wildman–Crippen LogP) is 3.63. The molecule has 3 N–H and O–H groups in total. The molecule has 0 spiro atoms. The summed E-state index contributed by atoms with van der Waals surface area (Å²) in [5.74, 6) is 0.846. The lowest BCUT2D eigenvalue weighted by Crippen LogP contribution is -2.34. The SMILES string of the molecule is Cc1ccc(-c2nc(CC(C)(C)N)c(C)[nH]2)cc1Cl. The minimum Gasteiger partial charge on any atom is -0.342 e. The molecule has 0 aliphatic heterocycles. The molecule has 0 bridgehead atoms. The van der Waals surface area contributed by atoms with Crippen LogP contribution in [0.5, 0.6) is 0 Å². The van der Waals surface area contributed by atoms with Crippen molar-refractivity contribution >= 4 is 11.6 Å². The monoisotopic (exact) mass is 277 g/mol. The average Bonchev–Trinajstić information content (AvgIpc) is 2.62. The van der Waals surface area contributed by atoms with Crippen molar-refractivity contribution in [2.45, 2.75) is 39.7 Å². The van der Waals surface area contributed by atoms with Crippen LogP contribution in [0.25, 0.3) is 11.4 Å². The molecule has 0 amide bonds. The molecule has 0 aliphatic carbocycles. The van der Waals surface area contributed by atoms with Gasteiger partial charge in [0.25, 0.3) is 0 Å². The maximum Gasteiger partial charge on any atom is 0.137 e. The molecule has 0 saturated carbocycles. The first-order chi connectivity index (χ1) is 8.76. The maximum atomic E-state index is 6.16. The number of rotatable bonds is 3. The van der Waals surface area contributed by atoms with Gasteiger partial charge in [-0.15, -0.1) is 0 Å². The summed E-state index contributed by atoms with van der Waals surface area (Å²) in [4.78, 5) is 7.95. The molecular formula is C15H20ClN3. The highest BCUT2D eigenvalue weighted by Gasteiger charge is 2.17. The van der Waals surface area contributed by atoms with Crippen molar-refractivity contribution in [3.63, 3.8) is 0 Å². The Bertz CT molecular complexity index is 594. The van der Waals surface area contributed by atoms with Gasteiger partial charge < -0.3 is 10.7 Å². The molecule has 0 fully saturated rings. The Morgan fingerprint density at radius 2 is 2.00 bits per heavy atom. The normalized spacial score (nSPS) is 11.9. The highest BCUT2D eigenvalue weighted by molar-refractivity contribution is 6.31. The Hall–Kier alpha value is -1.32. The van der Waals surface area contributed by atoms with Gasteiger partial charge in [-0.25, -0.2) is 4.98 Å². The van der Waals surface area contributed by atoms with E-state index in [0.717, 1.165) is 39.8 Å². The molecule has 4 heteroatoms. The smallest absolute Gasteiger partial charge is 0.137 e. The standard InChI is InChI=1S/C15H20ClN3/c1-9-5-6-11(7-12(9)16)14-18-10(2)13(19-14)8-15(3,4)17/h5-7H,8,17H2,1-4H3,(H,18,19). The Kier molecular flexibility index (Phi) is 3.70. The second-order valence-electron chi connectivity index (χ2n) is 5.79. The van der Waals surface area contributed by atoms with E-state index in [1.165, 1.54) is 0 Å². The van der Waals surface area contributed by atoms with Gasteiger partial charge in [0, 0.05) is 28.2 Å². The molecule has 0 aliphatic rings. The number of benzene rings is 1. The maximum absolute atomic E-state index is 6.16. The summed E-state index contributed by atoms with van der Waals surface area (Å²) in [5, 5.41) is 0.757. The third kappa shape index (κ3) is 3.37. The van der Waals surface area contributed by atoms with E-state index in [9.17, 15) is 0 Å². The van der Waals surface area contributed by atoms with E-state index in [4.69, 9.17) is 17.3 Å². The summed E-state index contributed by atoms with van der Waals surface area (Å²) in [6, 6.07) is 5.96. The van der Waals surface area contributed by atoms with E-state index in [1.54, 1.807) is 0 Å². The van der Waals surface area contributed by atoms with Gasteiger partial charge in [-0.3, -0.25) is 0 Å². The lowest BCUT2D eigenvalue weighted by atomic mass is 9.99. The Morgan fingerprint density at radius 3 is 2.58 bits per heavy atom. The van der Waals surface area contributed by atoms with Crippen LogP contribution in [0.2, 0.25) is 5.02 Å². The quantitative estimate of drug-likeness (QED) is 0.900. The first-order valence-electron chi connectivity index (χ1n) is 6.37. The van der Waals surface area contributed by atoms with E-state index in [2.05, 4.69) is 9.97 Å². The summed E-state index contributed by atoms with van der Waals surface area (Å²) in [6.07, 6.45) is 0.745. The van der Waals surface area contributed by atoms with Crippen molar-refractivity contribution in [3.8, 4) is 11.4 Å². The Balaban J connectivity index is 2.36. The molecule has 1 aromatic heterocycles. The zero-order valence-electron chi connectivity index (χ0n) is 11.8. The molecule has 0 atom stereocenters. The van der Waals surface area contributed by atoms with Gasteiger partial charge in [0.1, 0.15) is 5.82 Å². The average molecular weight is 278 g/mol. The number of aryl methyl sites for hydroxylation is 2. The van der Waals surface area contributed by atoms with Crippen LogP contribution in [0.15, 0.2) is 18.2 Å². The second-order valence-corrected chi connectivity index (χ2v) is 6.19. The van der Waals surface area contributed by atoms with Crippen LogP contribution >= 0.6 is 11.6 Å². The minimum absolute atomic E-state index is 0.262. The van der Waals surface area contributed by atoms with Crippen LogP contribution in [-0.4, -0.2) is 15.5 Å². The van der Waals surface area contributed by atoms with Crippen LogP contribution in [-0.2, 0) is 6.42 Å². The van der Waals surface area contributed by atoms with Gasteiger partial charge in [-0.1, -0.05) is 23.7 Å². The van der Waals surface area contributed by atoms with E-state index in [1.807, 2.05) is 45.9 Å². The van der Waals surface area contributed by atoms with Crippen molar-refractivity contribution < 1.29 is 0 Å². The molecule has 19 heavy (non-hydrogen) atoms. The number of imidazole rings is 1. The highest BCUT2D eigenvalue weighted by atomic mass is 35.5. The lowest BCUT2D eigenvalue weighted by Gasteiger charge is -2.16. The summed E-state index contributed by atoms with van der Waals surface area (Å²) in [6.45, 7) is 8.02. The zero-order chi connectivity index (χ0) is 14.2. The van der Waals surface area contributed by atoms with E-state index in [0.29, 0.717) is 0 Å². The molecule has 102 valence electrons.